The van der Waals surface area contributed by atoms with E-state index >= 15 is 0 Å². The quantitative estimate of drug-likeness (QED) is 0.438. The van der Waals surface area contributed by atoms with Gasteiger partial charge in [0.15, 0.2) is 0 Å². The molecule has 0 amide bonds. The summed E-state index contributed by atoms with van der Waals surface area (Å²) >= 11 is 0. The normalized spacial score (nSPS) is 15.0. The molecule has 0 rings (SSSR count). The number of hydrogen-bond donors (Lipinski definition) is 2. The summed E-state index contributed by atoms with van der Waals surface area (Å²) in [5.41, 5.74) is 0. The van der Waals surface area contributed by atoms with E-state index in [-0.39, 0.29) is 6.10 Å². The van der Waals surface area contributed by atoms with Crippen molar-refractivity contribution in [3.63, 3.8) is 0 Å². The minimum Gasteiger partial charge on any atom is -0.388 e. The van der Waals surface area contributed by atoms with E-state index in [1.165, 1.54) is 4.90 Å². The monoisotopic (exact) mass is 104 g/mol. The Hall–Kier alpha value is -0.0800. The van der Waals surface area contributed by atoms with Crippen molar-refractivity contribution >= 4 is 0 Å². The van der Waals surface area contributed by atoms with Gasteiger partial charge in [0, 0.05) is 0 Å². The Morgan fingerprint density at radius 3 is 2.00 bits per heavy atom. The molecule has 7 heavy (non-hydrogen) atoms. The van der Waals surface area contributed by atoms with Gasteiger partial charge in [-0.1, -0.05) is 0 Å². The topological polar surface area (TPSA) is 24.7 Å². The molecule has 0 bridgehead atoms. The summed E-state index contributed by atoms with van der Waals surface area (Å²) in [5, 5.41) is 8.70. The Kier molecular flexibility index (Phi) is 2.96. The van der Waals surface area contributed by atoms with Crippen LogP contribution in [0.2, 0.25) is 0 Å². The molecule has 0 heterocycles. The first-order valence-corrected chi connectivity index (χ1v) is 2.60. The molecule has 0 fully saturated rings. The van der Waals surface area contributed by atoms with Gasteiger partial charge in [-0.25, -0.2) is 0 Å². The van der Waals surface area contributed by atoms with Crippen LogP contribution in [0.15, 0.2) is 0 Å². The van der Waals surface area contributed by atoms with Gasteiger partial charge in [-0.15, -0.1) is 0 Å². The van der Waals surface area contributed by atoms with Crippen LogP contribution >= 0.6 is 0 Å². The van der Waals surface area contributed by atoms with Crippen molar-refractivity contribution in [2.45, 2.75) is 13.0 Å². The Morgan fingerprint density at radius 2 is 2.00 bits per heavy atom. The number of aliphatic hydroxyl groups is 1. The average Bonchev–Trinajstić information content (AvgIpc) is 1.27. The summed E-state index contributed by atoms with van der Waals surface area (Å²) in [6, 6.07) is 0. The zero-order valence-corrected chi connectivity index (χ0v) is 5.23. The number of rotatable bonds is 2. The molecular weight excluding hydrogens is 90.1 g/mol. The van der Waals surface area contributed by atoms with E-state index in [9.17, 15) is 0 Å². The van der Waals surface area contributed by atoms with Crippen LogP contribution in [0.25, 0.3) is 0 Å². The van der Waals surface area contributed by atoms with Crippen molar-refractivity contribution < 1.29 is 10.0 Å². The van der Waals surface area contributed by atoms with Crippen molar-refractivity contribution in [1.29, 1.82) is 0 Å². The fourth-order valence-electron chi connectivity index (χ4n) is 0.591. The van der Waals surface area contributed by atoms with E-state index in [0.29, 0.717) is 0 Å². The van der Waals surface area contributed by atoms with Gasteiger partial charge in [0.25, 0.3) is 0 Å². The number of likely N-dealkylation sites (N-methyl/N-ethyl adjacent to an activating group) is 1. The number of aliphatic hydroxyl groups excluding tert-OH is 1. The smallest absolute Gasteiger partial charge is 0.103 e. The van der Waals surface area contributed by atoms with Gasteiger partial charge in [0.1, 0.15) is 12.6 Å². The lowest BCUT2D eigenvalue weighted by atomic mass is 10.4. The molecule has 2 nitrogen and oxygen atoms in total. The van der Waals surface area contributed by atoms with Crippen LogP contribution in [0.4, 0.5) is 0 Å². The number of quaternary nitrogens is 1. The van der Waals surface area contributed by atoms with Gasteiger partial charge in [-0.3, -0.25) is 0 Å². The van der Waals surface area contributed by atoms with Crippen LogP contribution in [0.3, 0.4) is 0 Å². The number of hydrogen-bond acceptors (Lipinski definition) is 1. The molecule has 0 spiro atoms. The molecule has 1 atom stereocenters. The van der Waals surface area contributed by atoms with Crippen molar-refractivity contribution in [2.75, 3.05) is 20.6 Å². The van der Waals surface area contributed by atoms with Gasteiger partial charge < -0.3 is 10.0 Å². The molecule has 2 heteroatoms. The van der Waals surface area contributed by atoms with E-state index in [2.05, 4.69) is 0 Å². The third-order valence-electron chi connectivity index (χ3n) is 0.704. The lowest BCUT2D eigenvalue weighted by Crippen LogP contribution is -3.06. The van der Waals surface area contributed by atoms with Gasteiger partial charge in [0.2, 0.25) is 0 Å². The largest absolute Gasteiger partial charge is 0.388 e. The van der Waals surface area contributed by atoms with E-state index in [0.717, 1.165) is 6.54 Å². The molecule has 0 aromatic heterocycles. The standard InChI is InChI=1S/C5H13NO/c1-5(7)4-6(2)3/h5,7H,4H2,1-3H3/p+1/t5-/m1/s1. The van der Waals surface area contributed by atoms with E-state index < -0.39 is 0 Å². The van der Waals surface area contributed by atoms with Crippen molar-refractivity contribution in [1.82, 2.24) is 0 Å². The molecule has 0 aliphatic carbocycles. The highest BCUT2D eigenvalue weighted by atomic mass is 16.3. The second kappa shape index (κ2) is 2.99. The van der Waals surface area contributed by atoms with Crippen LogP contribution in [0.5, 0.6) is 0 Å². The minimum absolute atomic E-state index is 0.162. The zero-order chi connectivity index (χ0) is 5.86. The summed E-state index contributed by atoms with van der Waals surface area (Å²) < 4.78 is 0. The zero-order valence-electron chi connectivity index (χ0n) is 5.23. The molecule has 0 aliphatic rings. The molecule has 0 radical (unpaired) electrons. The van der Waals surface area contributed by atoms with Crippen LogP contribution in [-0.4, -0.2) is 31.9 Å². The van der Waals surface area contributed by atoms with Crippen LogP contribution < -0.4 is 4.90 Å². The van der Waals surface area contributed by atoms with Crippen LogP contribution in [0, 0.1) is 0 Å². The van der Waals surface area contributed by atoms with Crippen LogP contribution in [-0.2, 0) is 0 Å². The first-order valence-electron chi connectivity index (χ1n) is 2.60. The van der Waals surface area contributed by atoms with Crippen LogP contribution in [0.1, 0.15) is 6.92 Å². The Balaban J connectivity index is 2.95. The average molecular weight is 104 g/mol. The predicted molar refractivity (Wildman–Crippen MR) is 29.4 cm³/mol. The Morgan fingerprint density at radius 1 is 1.57 bits per heavy atom. The molecular formula is C5H14NO+. The molecule has 2 N–H and O–H groups in total. The summed E-state index contributed by atoms with van der Waals surface area (Å²) in [6.07, 6.45) is -0.162. The molecule has 0 aromatic carbocycles. The highest BCUT2D eigenvalue weighted by Gasteiger charge is 1.97. The third-order valence-corrected chi connectivity index (χ3v) is 0.704. The first kappa shape index (κ1) is 6.92. The molecule has 0 unspecified atom stereocenters. The van der Waals surface area contributed by atoms with Gasteiger partial charge >= 0.3 is 0 Å². The van der Waals surface area contributed by atoms with Crippen molar-refractivity contribution in [3.05, 3.63) is 0 Å². The van der Waals surface area contributed by atoms with Crippen molar-refractivity contribution in [2.24, 2.45) is 0 Å². The lowest BCUT2D eigenvalue weighted by molar-refractivity contribution is -0.861. The Bertz CT molecular complexity index is 37.3. The molecule has 0 aromatic rings. The first-order chi connectivity index (χ1) is 3.13. The molecule has 0 saturated carbocycles. The van der Waals surface area contributed by atoms with E-state index in [1.807, 2.05) is 14.1 Å². The SMILES string of the molecule is C[C@@H](O)C[NH+](C)C. The predicted octanol–water partition coefficient (Wildman–Crippen LogP) is -1.49. The maximum atomic E-state index is 8.70. The maximum absolute atomic E-state index is 8.70. The number of nitrogens with one attached hydrogen (secondary N) is 1. The Labute approximate surface area is 44.8 Å². The second-order valence-electron chi connectivity index (χ2n) is 2.26. The molecule has 0 saturated heterocycles. The summed E-state index contributed by atoms with van der Waals surface area (Å²) in [5.74, 6) is 0. The summed E-state index contributed by atoms with van der Waals surface area (Å²) in [4.78, 5) is 1.29. The highest BCUT2D eigenvalue weighted by Crippen LogP contribution is 1.66. The van der Waals surface area contributed by atoms with Crippen molar-refractivity contribution in [3.8, 4) is 0 Å². The third kappa shape index (κ3) is 5.92. The van der Waals surface area contributed by atoms with Gasteiger partial charge in [0.05, 0.1) is 14.1 Å². The fraction of sp³-hybridized carbons (Fsp3) is 1.00. The van der Waals surface area contributed by atoms with Gasteiger partial charge in [-0.2, -0.15) is 0 Å². The molecule has 44 valence electrons. The summed E-state index contributed by atoms with van der Waals surface area (Å²) in [6.45, 7) is 2.63. The second-order valence-corrected chi connectivity index (χ2v) is 2.26. The van der Waals surface area contributed by atoms with E-state index in [4.69, 9.17) is 5.11 Å². The molecule has 0 aliphatic heterocycles. The summed E-state index contributed by atoms with van der Waals surface area (Å²) in [7, 11) is 4.04. The van der Waals surface area contributed by atoms with E-state index in [1.54, 1.807) is 6.92 Å². The maximum Gasteiger partial charge on any atom is 0.103 e. The fourth-order valence-corrected chi connectivity index (χ4v) is 0.591. The lowest BCUT2D eigenvalue weighted by Gasteiger charge is -2.07. The van der Waals surface area contributed by atoms with Gasteiger partial charge in [-0.05, 0) is 6.92 Å². The minimum atomic E-state index is -0.162. The highest BCUT2D eigenvalue weighted by molar-refractivity contribution is 4.35.